The predicted molar refractivity (Wildman–Crippen MR) is 73.1 cm³/mol. The van der Waals surface area contributed by atoms with E-state index in [1.165, 1.54) is 12.1 Å². The lowest BCUT2D eigenvalue weighted by Crippen LogP contribution is -1.93. The number of nitrogens with zero attached hydrogens (tertiary/aromatic N) is 1. The standard InChI is InChI=1S/C14H14FNO2S/c1-18-13-9-7-12(8-10-13)11-16-19(15,17)14-5-3-2-4-6-14/h2-10H,11H2,1H3/t19-/m0/s1. The maximum absolute atomic E-state index is 14.0. The van der Waals surface area contributed by atoms with E-state index in [9.17, 15) is 8.09 Å². The first-order valence-corrected chi connectivity index (χ1v) is 7.14. The number of ether oxygens (including phenoxy) is 1. The molecule has 0 unspecified atom stereocenters. The highest BCUT2D eigenvalue weighted by molar-refractivity contribution is 7.88. The fourth-order valence-corrected chi connectivity index (χ4v) is 2.51. The molecule has 2 aromatic rings. The van der Waals surface area contributed by atoms with E-state index in [4.69, 9.17) is 4.74 Å². The molecule has 0 aliphatic rings. The van der Waals surface area contributed by atoms with Crippen LogP contribution in [0, 0.1) is 0 Å². The van der Waals surface area contributed by atoms with Crippen LogP contribution in [0.4, 0.5) is 3.89 Å². The second-order valence-corrected chi connectivity index (χ2v) is 5.55. The molecule has 3 nitrogen and oxygen atoms in total. The number of rotatable bonds is 4. The topological polar surface area (TPSA) is 38.7 Å². The van der Waals surface area contributed by atoms with Crippen molar-refractivity contribution < 1.29 is 12.8 Å². The summed E-state index contributed by atoms with van der Waals surface area (Å²) in [5.74, 6) is 0.716. The molecule has 100 valence electrons. The summed E-state index contributed by atoms with van der Waals surface area (Å²) in [6.45, 7) is 0.0637. The molecule has 0 fully saturated rings. The summed E-state index contributed by atoms with van der Waals surface area (Å²) in [5.41, 5.74) is 0.780. The van der Waals surface area contributed by atoms with Gasteiger partial charge in [-0.2, -0.15) is 0 Å². The summed E-state index contributed by atoms with van der Waals surface area (Å²) >= 11 is 0. The minimum atomic E-state index is -3.83. The second-order valence-electron chi connectivity index (χ2n) is 3.91. The lowest BCUT2D eigenvalue weighted by Gasteiger charge is -2.02. The molecule has 0 radical (unpaired) electrons. The molecule has 0 heterocycles. The fraction of sp³-hybridized carbons (Fsp3) is 0.143. The van der Waals surface area contributed by atoms with Gasteiger partial charge in [-0.1, -0.05) is 30.3 Å². The van der Waals surface area contributed by atoms with Crippen LogP contribution in [-0.2, 0) is 16.7 Å². The fourth-order valence-electron chi connectivity index (χ4n) is 1.55. The Morgan fingerprint density at radius 3 is 2.32 bits per heavy atom. The highest BCUT2D eigenvalue weighted by atomic mass is 32.3. The zero-order valence-corrected chi connectivity index (χ0v) is 11.3. The molecule has 1 atom stereocenters. The average molecular weight is 279 g/mol. The van der Waals surface area contributed by atoms with Gasteiger partial charge in [0, 0.05) is 0 Å². The Balaban J connectivity index is 2.19. The Morgan fingerprint density at radius 2 is 1.74 bits per heavy atom. The van der Waals surface area contributed by atoms with Gasteiger partial charge in [-0.25, -0.2) is 8.57 Å². The van der Waals surface area contributed by atoms with Crippen molar-refractivity contribution in [3.63, 3.8) is 0 Å². The molecule has 0 aliphatic heterocycles. The molecular formula is C14H14FNO2S. The molecule has 0 aromatic heterocycles. The van der Waals surface area contributed by atoms with Crippen LogP contribution in [0.3, 0.4) is 0 Å². The van der Waals surface area contributed by atoms with Crippen molar-refractivity contribution in [2.24, 2.45) is 4.36 Å². The molecular weight excluding hydrogens is 265 g/mol. The Labute approximate surface area is 112 Å². The van der Waals surface area contributed by atoms with Crippen LogP contribution in [0.5, 0.6) is 5.75 Å². The monoisotopic (exact) mass is 279 g/mol. The van der Waals surface area contributed by atoms with E-state index < -0.39 is 10.1 Å². The van der Waals surface area contributed by atoms with Crippen molar-refractivity contribution in [3.8, 4) is 5.75 Å². The molecule has 0 saturated heterocycles. The maximum atomic E-state index is 14.0. The summed E-state index contributed by atoms with van der Waals surface area (Å²) in [4.78, 5) is 0.100. The number of methoxy groups -OCH3 is 1. The van der Waals surface area contributed by atoms with Gasteiger partial charge in [0.2, 0.25) is 10.1 Å². The molecule has 0 spiro atoms. The third-order valence-corrected chi connectivity index (χ3v) is 3.92. The SMILES string of the molecule is COc1ccc(CN=[S@@](=O)(F)c2ccccc2)cc1. The lowest BCUT2D eigenvalue weighted by molar-refractivity contribution is 0.414. The number of hydrogen-bond donors (Lipinski definition) is 0. The van der Waals surface area contributed by atoms with Gasteiger partial charge >= 0.3 is 0 Å². The van der Waals surface area contributed by atoms with Crippen LogP contribution in [-0.4, -0.2) is 11.3 Å². The first kappa shape index (κ1) is 13.5. The van der Waals surface area contributed by atoms with Crippen molar-refractivity contribution in [2.75, 3.05) is 7.11 Å². The predicted octanol–water partition coefficient (Wildman–Crippen LogP) is 3.61. The highest BCUT2D eigenvalue weighted by Crippen LogP contribution is 2.17. The van der Waals surface area contributed by atoms with Crippen LogP contribution in [0.2, 0.25) is 0 Å². The smallest absolute Gasteiger partial charge is 0.231 e. The normalized spacial score (nSPS) is 13.6. The van der Waals surface area contributed by atoms with Crippen LogP contribution < -0.4 is 4.74 Å². The zero-order chi connectivity index (χ0) is 13.7. The van der Waals surface area contributed by atoms with Gasteiger partial charge < -0.3 is 4.74 Å². The summed E-state index contributed by atoms with van der Waals surface area (Å²) < 4.78 is 34.5. The van der Waals surface area contributed by atoms with Crippen molar-refractivity contribution in [3.05, 3.63) is 60.2 Å². The Hall–Kier alpha value is -1.88. The van der Waals surface area contributed by atoms with Gasteiger partial charge in [0.05, 0.1) is 18.6 Å². The summed E-state index contributed by atoms with van der Waals surface area (Å²) in [5, 5.41) is 0. The van der Waals surface area contributed by atoms with E-state index in [-0.39, 0.29) is 11.4 Å². The quantitative estimate of drug-likeness (QED) is 0.802. The molecule has 0 aliphatic carbocycles. The second kappa shape index (κ2) is 5.84. The van der Waals surface area contributed by atoms with Gasteiger partial charge in [0.25, 0.3) is 0 Å². The van der Waals surface area contributed by atoms with Gasteiger partial charge in [-0.3, -0.25) is 0 Å². The molecule has 5 heteroatoms. The van der Waals surface area contributed by atoms with Gasteiger partial charge in [-0.15, -0.1) is 3.89 Å². The van der Waals surface area contributed by atoms with Gasteiger partial charge in [0.1, 0.15) is 5.75 Å². The number of benzene rings is 2. The van der Waals surface area contributed by atoms with Gasteiger partial charge in [-0.05, 0) is 29.8 Å². The molecule has 2 aromatic carbocycles. The minimum absolute atomic E-state index is 0.0637. The first-order chi connectivity index (χ1) is 9.12. The molecule has 2 rings (SSSR count). The zero-order valence-electron chi connectivity index (χ0n) is 10.5. The molecule has 0 bridgehead atoms. The van der Waals surface area contributed by atoms with Crippen molar-refractivity contribution >= 4 is 10.1 Å². The summed E-state index contributed by atoms with van der Waals surface area (Å²) in [6.07, 6.45) is 0. The van der Waals surface area contributed by atoms with Crippen LogP contribution in [0.1, 0.15) is 5.56 Å². The van der Waals surface area contributed by atoms with E-state index in [1.807, 2.05) is 0 Å². The number of halogens is 1. The number of hydrogen-bond acceptors (Lipinski definition) is 3. The van der Waals surface area contributed by atoms with E-state index in [2.05, 4.69) is 4.36 Å². The van der Waals surface area contributed by atoms with Gasteiger partial charge in [0.15, 0.2) is 0 Å². The highest BCUT2D eigenvalue weighted by Gasteiger charge is 2.09. The average Bonchev–Trinajstić information content (AvgIpc) is 2.47. The maximum Gasteiger partial charge on any atom is 0.231 e. The lowest BCUT2D eigenvalue weighted by atomic mass is 10.2. The van der Waals surface area contributed by atoms with Crippen molar-refractivity contribution in [2.45, 2.75) is 11.4 Å². The molecule has 0 amide bonds. The minimum Gasteiger partial charge on any atom is -0.497 e. The third kappa shape index (κ3) is 3.54. The Morgan fingerprint density at radius 1 is 1.11 bits per heavy atom. The van der Waals surface area contributed by atoms with E-state index in [0.29, 0.717) is 5.75 Å². The summed E-state index contributed by atoms with van der Waals surface area (Å²) in [6, 6.07) is 15.0. The van der Waals surface area contributed by atoms with Crippen LogP contribution in [0.15, 0.2) is 63.9 Å². The van der Waals surface area contributed by atoms with Crippen molar-refractivity contribution in [1.82, 2.24) is 0 Å². The van der Waals surface area contributed by atoms with Crippen molar-refractivity contribution in [1.29, 1.82) is 0 Å². The van der Waals surface area contributed by atoms with E-state index in [0.717, 1.165) is 5.56 Å². The van der Waals surface area contributed by atoms with E-state index >= 15 is 0 Å². The van der Waals surface area contributed by atoms with Crippen LogP contribution in [0.25, 0.3) is 0 Å². The molecule has 0 saturated carbocycles. The van der Waals surface area contributed by atoms with E-state index in [1.54, 1.807) is 49.6 Å². The third-order valence-electron chi connectivity index (χ3n) is 2.61. The molecule has 19 heavy (non-hydrogen) atoms. The largest absolute Gasteiger partial charge is 0.497 e. The molecule has 0 N–H and O–H groups in total. The summed E-state index contributed by atoms with van der Waals surface area (Å²) in [7, 11) is -2.26. The first-order valence-electron chi connectivity index (χ1n) is 5.72. The Bertz CT molecular complexity index is 647. The van der Waals surface area contributed by atoms with Crippen LogP contribution >= 0.6 is 0 Å². The Kier molecular flexibility index (Phi) is 4.16.